The van der Waals surface area contributed by atoms with E-state index in [9.17, 15) is 9.59 Å². The van der Waals surface area contributed by atoms with Crippen LogP contribution in [0, 0.1) is 12.8 Å². The third-order valence-corrected chi connectivity index (χ3v) is 4.73. The number of hydrogen-bond donors (Lipinski definition) is 1. The summed E-state index contributed by atoms with van der Waals surface area (Å²) in [5.74, 6) is 0.607. The van der Waals surface area contributed by atoms with Gasteiger partial charge in [0.15, 0.2) is 11.5 Å². The van der Waals surface area contributed by atoms with Crippen LogP contribution in [-0.4, -0.2) is 37.5 Å². The minimum Gasteiger partial charge on any atom is -0.493 e. The molecule has 1 fully saturated rings. The molecule has 1 heterocycles. The van der Waals surface area contributed by atoms with Crippen molar-refractivity contribution in [3.63, 3.8) is 0 Å². The topological polar surface area (TPSA) is 67.9 Å². The zero-order chi connectivity index (χ0) is 19.4. The maximum atomic E-state index is 12.6. The van der Waals surface area contributed by atoms with Gasteiger partial charge in [-0.1, -0.05) is 29.8 Å². The van der Waals surface area contributed by atoms with Crippen LogP contribution in [0.25, 0.3) is 0 Å². The molecule has 1 aliphatic rings. The molecule has 2 aromatic rings. The lowest BCUT2D eigenvalue weighted by atomic mass is 10.1. The molecule has 0 aliphatic carbocycles. The number of anilines is 1. The second-order valence-corrected chi connectivity index (χ2v) is 6.72. The van der Waals surface area contributed by atoms with Crippen LogP contribution in [0.15, 0.2) is 42.5 Å². The van der Waals surface area contributed by atoms with E-state index in [4.69, 9.17) is 9.47 Å². The largest absolute Gasteiger partial charge is 0.493 e. The predicted molar refractivity (Wildman–Crippen MR) is 103 cm³/mol. The number of nitrogens with one attached hydrogen (secondary N) is 1. The lowest BCUT2D eigenvalue weighted by molar-refractivity contribution is -0.128. The summed E-state index contributed by atoms with van der Waals surface area (Å²) in [5, 5.41) is 2.87. The summed E-state index contributed by atoms with van der Waals surface area (Å²) in [6, 6.07) is 13.3. The third kappa shape index (κ3) is 4.39. The summed E-state index contributed by atoms with van der Waals surface area (Å²) in [6.45, 7) is 2.98. The summed E-state index contributed by atoms with van der Waals surface area (Å²) < 4.78 is 10.5. The number of likely N-dealkylation sites (tertiary alicyclic amines) is 1. The molecule has 6 heteroatoms. The molecule has 1 N–H and O–H groups in total. The highest BCUT2D eigenvalue weighted by Gasteiger charge is 2.34. The zero-order valence-corrected chi connectivity index (χ0v) is 15.8. The van der Waals surface area contributed by atoms with E-state index in [1.807, 2.05) is 31.2 Å². The molecule has 0 spiro atoms. The third-order valence-electron chi connectivity index (χ3n) is 4.73. The van der Waals surface area contributed by atoms with Gasteiger partial charge in [-0.3, -0.25) is 9.59 Å². The highest BCUT2D eigenvalue weighted by atomic mass is 16.5. The molecule has 0 saturated carbocycles. The first kappa shape index (κ1) is 18.8. The number of ether oxygens (including phenoxy) is 2. The first-order valence-electron chi connectivity index (χ1n) is 8.86. The van der Waals surface area contributed by atoms with E-state index in [1.165, 1.54) is 5.56 Å². The van der Waals surface area contributed by atoms with Gasteiger partial charge >= 0.3 is 0 Å². The molecule has 1 saturated heterocycles. The number of hydrogen-bond acceptors (Lipinski definition) is 4. The second kappa shape index (κ2) is 8.12. The Morgan fingerprint density at radius 2 is 1.81 bits per heavy atom. The molecule has 3 rings (SSSR count). The number of nitrogens with zero attached hydrogens (tertiary/aromatic N) is 1. The summed E-state index contributed by atoms with van der Waals surface area (Å²) >= 11 is 0. The molecule has 2 amide bonds. The number of carbonyl (C=O) groups is 2. The van der Waals surface area contributed by atoms with Gasteiger partial charge in [0.2, 0.25) is 11.8 Å². The lowest BCUT2D eigenvalue weighted by Crippen LogP contribution is -2.28. The van der Waals surface area contributed by atoms with Gasteiger partial charge < -0.3 is 19.7 Å². The Morgan fingerprint density at radius 3 is 2.48 bits per heavy atom. The number of benzene rings is 2. The van der Waals surface area contributed by atoms with Gasteiger partial charge in [-0.05, 0) is 24.6 Å². The predicted octanol–water partition coefficient (Wildman–Crippen LogP) is 3.00. The Bertz CT molecular complexity index is 833. The van der Waals surface area contributed by atoms with Crippen molar-refractivity contribution >= 4 is 17.5 Å². The van der Waals surface area contributed by atoms with Crippen molar-refractivity contribution < 1.29 is 19.1 Å². The molecule has 6 nitrogen and oxygen atoms in total. The van der Waals surface area contributed by atoms with Crippen LogP contribution >= 0.6 is 0 Å². The Balaban J connectivity index is 1.62. The van der Waals surface area contributed by atoms with Gasteiger partial charge in [0.05, 0.1) is 20.1 Å². The minimum absolute atomic E-state index is 0.00281. The first-order valence-corrected chi connectivity index (χ1v) is 8.86. The number of methoxy groups -OCH3 is 2. The molecular formula is C21H24N2O4. The van der Waals surface area contributed by atoms with Gasteiger partial charge in [0.1, 0.15) is 0 Å². The first-order chi connectivity index (χ1) is 13.0. The van der Waals surface area contributed by atoms with E-state index in [-0.39, 0.29) is 24.2 Å². The van der Waals surface area contributed by atoms with E-state index >= 15 is 0 Å². The molecule has 0 aromatic heterocycles. The Labute approximate surface area is 159 Å². The lowest BCUT2D eigenvalue weighted by Gasteiger charge is -2.17. The van der Waals surface area contributed by atoms with Crippen molar-refractivity contribution in [2.75, 3.05) is 26.1 Å². The smallest absolute Gasteiger partial charge is 0.229 e. The SMILES string of the molecule is COc1ccc(NC(=O)C2CC(=O)N(Cc3ccc(C)cc3)C2)cc1OC. The molecule has 0 radical (unpaired) electrons. The van der Waals surface area contributed by atoms with E-state index in [0.717, 1.165) is 5.56 Å². The Morgan fingerprint density at radius 1 is 1.11 bits per heavy atom. The van der Waals surface area contributed by atoms with Crippen LogP contribution in [0.3, 0.4) is 0 Å². The standard InChI is InChI=1S/C21H24N2O4/c1-14-4-6-15(7-5-14)12-23-13-16(10-20(23)24)21(25)22-17-8-9-18(26-2)19(11-17)27-3/h4-9,11,16H,10,12-13H2,1-3H3,(H,22,25). The summed E-state index contributed by atoms with van der Waals surface area (Å²) in [7, 11) is 3.10. The maximum Gasteiger partial charge on any atom is 0.229 e. The molecule has 142 valence electrons. The number of rotatable bonds is 6. The zero-order valence-electron chi connectivity index (χ0n) is 15.8. The van der Waals surface area contributed by atoms with Crippen molar-refractivity contribution in [3.8, 4) is 11.5 Å². The van der Waals surface area contributed by atoms with Gasteiger partial charge in [0, 0.05) is 31.3 Å². The van der Waals surface area contributed by atoms with E-state index in [0.29, 0.717) is 30.3 Å². The van der Waals surface area contributed by atoms with E-state index < -0.39 is 0 Å². The van der Waals surface area contributed by atoms with Crippen LogP contribution in [0.2, 0.25) is 0 Å². The molecule has 1 aliphatic heterocycles. The minimum atomic E-state index is -0.365. The molecule has 1 atom stereocenters. The second-order valence-electron chi connectivity index (χ2n) is 6.72. The average Bonchev–Trinajstić information content (AvgIpc) is 3.04. The maximum absolute atomic E-state index is 12.6. The average molecular weight is 368 g/mol. The van der Waals surface area contributed by atoms with Crippen molar-refractivity contribution in [1.29, 1.82) is 0 Å². The fourth-order valence-corrected chi connectivity index (χ4v) is 3.17. The quantitative estimate of drug-likeness (QED) is 0.851. The van der Waals surface area contributed by atoms with Crippen LogP contribution in [0.1, 0.15) is 17.5 Å². The van der Waals surface area contributed by atoms with Crippen LogP contribution in [-0.2, 0) is 16.1 Å². The monoisotopic (exact) mass is 368 g/mol. The van der Waals surface area contributed by atoms with Gasteiger partial charge in [0.25, 0.3) is 0 Å². The summed E-state index contributed by atoms with van der Waals surface area (Å²) in [5.41, 5.74) is 2.86. The van der Waals surface area contributed by atoms with Crippen molar-refractivity contribution in [2.45, 2.75) is 19.9 Å². The van der Waals surface area contributed by atoms with Crippen molar-refractivity contribution in [1.82, 2.24) is 4.90 Å². The highest BCUT2D eigenvalue weighted by molar-refractivity contribution is 5.97. The number of amides is 2. The molecule has 2 aromatic carbocycles. The number of aryl methyl sites for hydroxylation is 1. The van der Waals surface area contributed by atoms with Crippen molar-refractivity contribution in [3.05, 3.63) is 53.6 Å². The molecule has 0 bridgehead atoms. The fourth-order valence-electron chi connectivity index (χ4n) is 3.17. The summed E-state index contributed by atoms with van der Waals surface area (Å²) in [4.78, 5) is 26.6. The van der Waals surface area contributed by atoms with Crippen LogP contribution < -0.4 is 14.8 Å². The Hall–Kier alpha value is -3.02. The van der Waals surface area contributed by atoms with Crippen molar-refractivity contribution in [2.24, 2.45) is 5.92 Å². The van der Waals surface area contributed by atoms with Crippen LogP contribution in [0.4, 0.5) is 5.69 Å². The van der Waals surface area contributed by atoms with Gasteiger partial charge in [-0.25, -0.2) is 0 Å². The molecule has 1 unspecified atom stereocenters. The molecular weight excluding hydrogens is 344 g/mol. The van der Waals surface area contributed by atoms with E-state index in [1.54, 1.807) is 37.3 Å². The number of carbonyl (C=O) groups excluding carboxylic acids is 2. The van der Waals surface area contributed by atoms with E-state index in [2.05, 4.69) is 5.32 Å². The fraction of sp³-hybridized carbons (Fsp3) is 0.333. The van der Waals surface area contributed by atoms with Crippen LogP contribution in [0.5, 0.6) is 11.5 Å². The van der Waals surface area contributed by atoms with Gasteiger partial charge in [-0.2, -0.15) is 0 Å². The highest BCUT2D eigenvalue weighted by Crippen LogP contribution is 2.30. The van der Waals surface area contributed by atoms with Gasteiger partial charge in [-0.15, -0.1) is 0 Å². The normalized spacial score (nSPS) is 16.3. The summed E-state index contributed by atoms with van der Waals surface area (Å²) in [6.07, 6.45) is 0.227. The Kier molecular flexibility index (Phi) is 5.64. The molecule has 27 heavy (non-hydrogen) atoms.